The van der Waals surface area contributed by atoms with Gasteiger partial charge in [-0.3, -0.25) is 0 Å². The van der Waals surface area contributed by atoms with E-state index in [0.29, 0.717) is 23.5 Å². The molecule has 2 aromatic heterocycles. The van der Waals surface area contributed by atoms with E-state index in [-0.39, 0.29) is 0 Å². The normalized spacial score (nSPS) is 11.2. The highest BCUT2D eigenvalue weighted by atomic mass is 16.4. The minimum Gasteiger partial charge on any atom is -0.478 e. The summed E-state index contributed by atoms with van der Waals surface area (Å²) in [5.41, 5.74) is 6.91. The SMILES string of the molecule is CCCCc1ccc2c(C(=O)O)c(Cc3ccc(-c4ccccc4)c(-c4nn[nH]n4)c3)[nH]c2c1. The molecule has 0 spiro atoms. The lowest BCUT2D eigenvalue weighted by molar-refractivity contribution is 0.0698. The average molecular weight is 452 g/mol. The molecule has 0 atom stereocenters. The standard InChI is InChI=1S/C27H25N5O2/c1-2-3-7-17-10-13-21-23(15-17)28-24(25(21)27(33)34)16-18-11-12-20(19-8-5-4-6-9-19)22(14-18)26-29-31-32-30-26/h4-6,8-15,28H,2-3,7,16H2,1H3,(H,33,34)(H,29,30,31,32). The van der Waals surface area contributed by atoms with E-state index in [1.165, 1.54) is 5.56 Å². The highest BCUT2D eigenvalue weighted by Gasteiger charge is 2.19. The van der Waals surface area contributed by atoms with Gasteiger partial charge in [-0.15, -0.1) is 10.2 Å². The van der Waals surface area contributed by atoms with Crippen LogP contribution in [0.1, 0.15) is 46.9 Å². The van der Waals surface area contributed by atoms with Gasteiger partial charge in [0.05, 0.1) is 5.56 Å². The molecule has 0 fully saturated rings. The number of aromatic nitrogens is 5. The van der Waals surface area contributed by atoms with Crippen LogP contribution in [0.5, 0.6) is 0 Å². The number of carboxylic acids is 1. The van der Waals surface area contributed by atoms with Crippen molar-refractivity contribution in [3.63, 3.8) is 0 Å². The third-order valence-electron chi connectivity index (χ3n) is 6.11. The van der Waals surface area contributed by atoms with Gasteiger partial charge >= 0.3 is 5.97 Å². The first-order valence-electron chi connectivity index (χ1n) is 11.4. The van der Waals surface area contributed by atoms with Crippen LogP contribution in [-0.2, 0) is 12.8 Å². The number of unbranched alkanes of at least 4 members (excludes halogenated alkanes) is 1. The molecule has 3 N–H and O–H groups in total. The molecular formula is C27H25N5O2. The number of aromatic carboxylic acids is 1. The number of nitrogens with zero attached hydrogens (tertiary/aromatic N) is 3. The van der Waals surface area contributed by atoms with E-state index in [9.17, 15) is 9.90 Å². The number of aryl methyl sites for hydroxylation is 1. The van der Waals surface area contributed by atoms with Crippen molar-refractivity contribution in [1.82, 2.24) is 25.6 Å². The van der Waals surface area contributed by atoms with E-state index >= 15 is 0 Å². The largest absolute Gasteiger partial charge is 0.478 e. The third kappa shape index (κ3) is 4.20. The van der Waals surface area contributed by atoms with Crippen LogP contribution in [0.3, 0.4) is 0 Å². The van der Waals surface area contributed by atoms with E-state index in [4.69, 9.17) is 0 Å². The quantitative estimate of drug-likeness (QED) is 0.283. The molecule has 5 aromatic rings. The molecule has 0 aliphatic heterocycles. The van der Waals surface area contributed by atoms with Crippen LogP contribution in [0.25, 0.3) is 33.4 Å². The summed E-state index contributed by atoms with van der Waals surface area (Å²) in [7, 11) is 0. The van der Waals surface area contributed by atoms with Gasteiger partial charge in [0.1, 0.15) is 0 Å². The molecule has 7 nitrogen and oxygen atoms in total. The fourth-order valence-corrected chi connectivity index (χ4v) is 4.45. The summed E-state index contributed by atoms with van der Waals surface area (Å²) in [6.07, 6.45) is 3.66. The van der Waals surface area contributed by atoms with Crippen LogP contribution in [0, 0.1) is 0 Å². The molecule has 7 heteroatoms. The first kappa shape index (κ1) is 21.6. The van der Waals surface area contributed by atoms with E-state index in [0.717, 1.165) is 52.4 Å². The fraction of sp³-hybridized carbons (Fsp3) is 0.185. The number of fused-ring (bicyclic) bond motifs is 1. The van der Waals surface area contributed by atoms with E-state index in [1.807, 2.05) is 60.7 Å². The lowest BCUT2D eigenvalue weighted by Crippen LogP contribution is -2.02. The van der Waals surface area contributed by atoms with Crippen molar-refractivity contribution in [1.29, 1.82) is 0 Å². The second kappa shape index (κ2) is 9.31. The first-order chi connectivity index (χ1) is 16.6. The molecule has 34 heavy (non-hydrogen) atoms. The van der Waals surface area contributed by atoms with Gasteiger partial charge < -0.3 is 10.1 Å². The lowest BCUT2D eigenvalue weighted by Gasteiger charge is -2.10. The Labute approximate surface area is 196 Å². The zero-order valence-electron chi connectivity index (χ0n) is 18.9. The highest BCUT2D eigenvalue weighted by molar-refractivity contribution is 6.05. The van der Waals surface area contributed by atoms with Crippen LogP contribution in [-0.4, -0.2) is 36.7 Å². The minimum atomic E-state index is -0.929. The summed E-state index contributed by atoms with van der Waals surface area (Å²) >= 11 is 0. The van der Waals surface area contributed by atoms with Gasteiger partial charge in [0.2, 0.25) is 5.82 Å². The Morgan fingerprint density at radius 3 is 2.53 bits per heavy atom. The summed E-state index contributed by atoms with van der Waals surface area (Å²) in [6.45, 7) is 2.17. The number of aromatic amines is 2. The maximum Gasteiger partial charge on any atom is 0.338 e. The molecule has 0 unspecified atom stereocenters. The molecule has 2 heterocycles. The number of carbonyl (C=O) groups is 1. The van der Waals surface area contributed by atoms with Gasteiger partial charge in [0.25, 0.3) is 0 Å². The van der Waals surface area contributed by atoms with Crippen molar-refractivity contribution in [2.45, 2.75) is 32.6 Å². The van der Waals surface area contributed by atoms with Crippen molar-refractivity contribution < 1.29 is 9.90 Å². The molecule has 0 amide bonds. The summed E-state index contributed by atoms with van der Waals surface area (Å²) in [6, 6.07) is 22.1. The summed E-state index contributed by atoms with van der Waals surface area (Å²) < 4.78 is 0. The van der Waals surface area contributed by atoms with Crippen LogP contribution >= 0.6 is 0 Å². The summed E-state index contributed by atoms with van der Waals surface area (Å²) in [5.74, 6) is -0.432. The molecule has 5 rings (SSSR count). The number of benzene rings is 3. The van der Waals surface area contributed by atoms with Crippen LogP contribution in [0.4, 0.5) is 0 Å². The van der Waals surface area contributed by atoms with E-state index < -0.39 is 5.97 Å². The van der Waals surface area contributed by atoms with Gasteiger partial charge in [0.15, 0.2) is 0 Å². The van der Waals surface area contributed by atoms with Crippen LogP contribution in [0.2, 0.25) is 0 Å². The van der Waals surface area contributed by atoms with E-state index in [2.05, 4.69) is 38.6 Å². The molecule has 0 bridgehead atoms. The number of nitrogens with one attached hydrogen (secondary N) is 2. The Bertz CT molecular complexity index is 1440. The summed E-state index contributed by atoms with van der Waals surface area (Å²) in [5, 5.41) is 25.3. The highest BCUT2D eigenvalue weighted by Crippen LogP contribution is 2.32. The molecule has 0 aliphatic carbocycles. The molecule has 170 valence electrons. The Morgan fingerprint density at radius 2 is 1.79 bits per heavy atom. The maximum absolute atomic E-state index is 12.2. The smallest absolute Gasteiger partial charge is 0.338 e. The predicted octanol–water partition coefficient (Wildman–Crippen LogP) is 5.65. The second-order valence-corrected chi connectivity index (χ2v) is 8.43. The molecule has 0 saturated heterocycles. The number of rotatable bonds is 8. The molecule has 0 aliphatic rings. The van der Waals surface area contributed by atoms with Gasteiger partial charge in [-0.05, 0) is 52.4 Å². The Hall–Kier alpha value is -4.26. The fourth-order valence-electron chi connectivity index (χ4n) is 4.45. The Morgan fingerprint density at radius 1 is 0.971 bits per heavy atom. The van der Waals surface area contributed by atoms with Crippen molar-refractivity contribution in [2.24, 2.45) is 0 Å². The van der Waals surface area contributed by atoms with Crippen molar-refractivity contribution >= 4 is 16.9 Å². The van der Waals surface area contributed by atoms with Gasteiger partial charge in [-0.1, -0.05) is 67.9 Å². The van der Waals surface area contributed by atoms with Gasteiger partial charge in [0, 0.05) is 28.6 Å². The van der Waals surface area contributed by atoms with E-state index in [1.54, 1.807) is 0 Å². The Kier molecular flexibility index (Phi) is 5.91. The van der Waals surface area contributed by atoms with Gasteiger partial charge in [-0.25, -0.2) is 4.79 Å². The first-order valence-corrected chi connectivity index (χ1v) is 11.4. The molecular weight excluding hydrogens is 426 g/mol. The number of carboxylic acid groups (broad SMARTS) is 1. The maximum atomic E-state index is 12.2. The zero-order chi connectivity index (χ0) is 23.5. The van der Waals surface area contributed by atoms with Crippen molar-refractivity contribution in [3.8, 4) is 22.5 Å². The third-order valence-corrected chi connectivity index (χ3v) is 6.11. The number of tetrazole rings is 1. The van der Waals surface area contributed by atoms with Crippen molar-refractivity contribution in [3.05, 3.63) is 89.1 Å². The summed E-state index contributed by atoms with van der Waals surface area (Å²) in [4.78, 5) is 15.6. The van der Waals surface area contributed by atoms with Crippen molar-refractivity contribution in [2.75, 3.05) is 0 Å². The predicted molar refractivity (Wildman–Crippen MR) is 132 cm³/mol. The van der Waals surface area contributed by atoms with Gasteiger partial charge in [-0.2, -0.15) is 5.21 Å². The molecule has 0 saturated carbocycles. The van der Waals surface area contributed by atoms with Crippen LogP contribution < -0.4 is 0 Å². The van der Waals surface area contributed by atoms with Crippen LogP contribution in [0.15, 0.2) is 66.7 Å². The topological polar surface area (TPSA) is 108 Å². The molecule has 3 aromatic carbocycles. The minimum absolute atomic E-state index is 0.324. The average Bonchev–Trinajstić information content (AvgIpc) is 3.51. The number of hydrogen-bond donors (Lipinski definition) is 3. The number of H-pyrrole nitrogens is 2. The molecule has 0 radical (unpaired) electrons. The number of hydrogen-bond acceptors (Lipinski definition) is 4. The monoisotopic (exact) mass is 451 g/mol. The second-order valence-electron chi connectivity index (χ2n) is 8.43. The Balaban J connectivity index is 1.56. The zero-order valence-corrected chi connectivity index (χ0v) is 18.9. The lowest BCUT2D eigenvalue weighted by atomic mass is 9.95.